The second-order valence-corrected chi connectivity index (χ2v) is 18.7. The Bertz CT molecular complexity index is 3880. The molecule has 0 N–H and O–H groups in total. The fourth-order valence-electron chi connectivity index (χ4n) is 12.6. The van der Waals surface area contributed by atoms with E-state index in [1.54, 1.807) is 0 Å². The summed E-state index contributed by atoms with van der Waals surface area (Å²) >= 11 is 0. The molecule has 0 aromatic heterocycles. The van der Waals surface area contributed by atoms with Gasteiger partial charge in [-0.2, -0.15) is 0 Å². The number of para-hydroxylation sites is 3. The van der Waals surface area contributed by atoms with Crippen LogP contribution in [-0.2, 0) is 10.8 Å². The van der Waals surface area contributed by atoms with Crippen LogP contribution in [0.3, 0.4) is 0 Å². The molecule has 3 heteroatoms. The number of benzene rings is 11. The molecule has 0 fully saturated rings. The van der Waals surface area contributed by atoms with E-state index in [0.29, 0.717) is 0 Å². The Labute approximate surface area is 400 Å². The number of fused-ring (bicyclic) bond motifs is 19. The average molecular weight is 880 g/mol. The predicted octanol–water partition coefficient (Wildman–Crippen LogP) is 16.9. The van der Waals surface area contributed by atoms with Crippen molar-refractivity contribution in [1.82, 2.24) is 0 Å². The minimum absolute atomic E-state index is 0.613. The summed E-state index contributed by atoms with van der Waals surface area (Å²) < 4.78 is 13.7. The summed E-state index contributed by atoms with van der Waals surface area (Å²) in [5.74, 6) is 3.52. The zero-order valence-corrected chi connectivity index (χ0v) is 37.4. The van der Waals surface area contributed by atoms with Crippen LogP contribution in [0.4, 0.5) is 17.1 Å². The SMILES string of the molecule is c1ccc(-c2ccc(N(c3ccc4c(c3)C3(c5ccccc5Oc5ccccc53)c3ccccc3-4)c3ccc4c(c3)C3(c5ccccc5Oc5cc6ccccc6cc53)c3ccccc3-4)cc2)cc1. The van der Waals surface area contributed by atoms with Crippen LogP contribution in [0.25, 0.3) is 44.2 Å². The molecule has 2 aliphatic heterocycles. The van der Waals surface area contributed by atoms with Gasteiger partial charge in [-0.15, -0.1) is 0 Å². The van der Waals surface area contributed by atoms with Crippen molar-refractivity contribution in [2.24, 2.45) is 0 Å². The van der Waals surface area contributed by atoms with Gasteiger partial charge >= 0.3 is 0 Å². The number of rotatable bonds is 4. The third-order valence-electron chi connectivity index (χ3n) is 15.4. The molecule has 1 unspecified atom stereocenters. The highest BCUT2D eigenvalue weighted by atomic mass is 16.5. The maximum Gasteiger partial charge on any atom is 0.132 e. The Kier molecular flexibility index (Phi) is 7.92. The molecule has 11 aromatic rings. The normalized spacial score (nSPS) is 15.7. The van der Waals surface area contributed by atoms with Gasteiger partial charge in [-0.05, 0) is 133 Å². The molecule has 2 heterocycles. The van der Waals surface area contributed by atoms with Gasteiger partial charge < -0.3 is 14.4 Å². The molecule has 11 aromatic carbocycles. The fraction of sp³-hybridized carbons (Fsp3) is 0.0303. The molecule has 15 rings (SSSR count). The Morgan fingerprint density at radius 3 is 1.19 bits per heavy atom. The monoisotopic (exact) mass is 879 g/mol. The maximum absolute atomic E-state index is 6.92. The Balaban J connectivity index is 1.01. The zero-order chi connectivity index (χ0) is 45.3. The van der Waals surface area contributed by atoms with Crippen LogP contribution in [0.2, 0.25) is 0 Å². The lowest BCUT2D eigenvalue weighted by atomic mass is 9.65. The third-order valence-corrected chi connectivity index (χ3v) is 15.4. The highest BCUT2D eigenvalue weighted by Crippen LogP contribution is 2.65. The first kappa shape index (κ1) is 38.2. The van der Waals surface area contributed by atoms with Gasteiger partial charge in [0.15, 0.2) is 0 Å². The van der Waals surface area contributed by atoms with Gasteiger partial charge in [-0.3, -0.25) is 0 Å². The van der Waals surface area contributed by atoms with E-state index in [-0.39, 0.29) is 0 Å². The van der Waals surface area contributed by atoms with Crippen LogP contribution in [0.5, 0.6) is 23.0 Å². The minimum Gasteiger partial charge on any atom is -0.457 e. The average Bonchev–Trinajstić information content (AvgIpc) is 3.86. The first-order chi connectivity index (χ1) is 34.2. The lowest BCUT2D eigenvalue weighted by molar-refractivity contribution is 0.436. The summed E-state index contributed by atoms with van der Waals surface area (Å²) in [6.07, 6.45) is 0. The lowest BCUT2D eigenvalue weighted by Crippen LogP contribution is -2.32. The third kappa shape index (κ3) is 5.16. The van der Waals surface area contributed by atoms with Crippen LogP contribution in [0.1, 0.15) is 44.5 Å². The second-order valence-electron chi connectivity index (χ2n) is 18.7. The van der Waals surface area contributed by atoms with Crippen molar-refractivity contribution in [2.45, 2.75) is 10.8 Å². The van der Waals surface area contributed by atoms with E-state index in [1.807, 2.05) is 0 Å². The molecule has 2 aliphatic carbocycles. The van der Waals surface area contributed by atoms with Gasteiger partial charge in [0.1, 0.15) is 23.0 Å². The molecular weight excluding hydrogens is 839 g/mol. The van der Waals surface area contributed by atoms with E-state index in [4.69, 9.17) is 9.47 Å². The molecule has 2 spiro atoms. The maximum atomic E-state index is 6.92. The van der Waals surface area contributed by atoms with E-state index in [2.05, 4.69) is 254 Å². The molecule has 0 radical (unpaired) electrons. The molecule has 0 saturated heterocycles. The summed E-state index contributed by atoms with van der Waals surface area (Å²) in [6.45, 7) is 0. The lowest BCUT2D eigenvalue weighted by Gasteiger charge is -2.40. The number of hydrogen-bond acceptors (Lipinski definition) is 3. The minimum atomic E-state index is -0.655. The van der Waals surface area contributed by atoms with Gasteiger partial charge in [0.2, 0.25) is 0 Å². The van der Waals surface area contributed by atoms with Gasteiger partial charge in [0, 0.05) is 39.3 Å². The highest BCUT2D eigenvalue weighted by Gasteiger charge is 2.53. The van der Waals surface area contributed by atoms with Gasteiger partial charge in [-0.25, -0.2) is 0 Å². The Morgan fingerprint density at radius 1 is 0.246 bits per heavy atom. The summed E-state index contributed by atoms with van der Waals surface area (Å²) in [5, 5.41) is 2.34. The first-order valence-corrected chi connectivity index (χ1v) is 23.8. The van der Waals surface area contributed by atoms with E-state index < -0.39 is 10.8 Å². The smallest absolute Gasteiger partial charge is 0.132 e. The number of nitrogens with zero attached hydrogens (tertiary/aromatic N) is 1. The van der Waals surface area contributed by atoms with Crippen molar-refractivity contribution < 1.29 is 9.47 Å². The Hall–Kier alpha value is -8.92. The summed E-state index contributed by atoms with van der Waals surface area (Å²) in [4.78, 5) is 2.46. The van der Waals surface area contributed by atoms with Gasteiger partial charge in [0.05, 0.1) is 10.8 Å². The number of hydrogen-bond donors (Lipinski definition) is 0. The van der Waals surface area contributed by atoms with E-state index in [9.17, 15) is 0 Å². The molecular formula is C66H41NO2. The van der Waals surface area contributed by atoms with Crippen LogP contribution >= 0.6 is 0 Å². The molecule has 322 valence electrons. The number of anilines is 3. The molecule has 4 aliphatic rings. The quantitative estimate of drug-likeness (QED) is 0.176. The fourth-order valence-corrected chi connectivity index (χ4v) is 12.6. The zero-order valence-electron chi connectivity index (χ0n) is 37.4. The molecule has 0 bridgehead atoms. The van der Waals surface area contributed by atoms with Crippen molar-refractivity contribution >= 4 is 27.8 Å². The van der Waals surface area contributed by atoms with Crippen LogP contribution < -0.4 is 14.4 Å². The van der Waals surface area contributed by atoms with Crippen molar-refractivity contribution in [3.8, 4) is 56.4 Å². The van der Waals surface area contributed by atoms with Crippen LogP contribution in [0.15, 0.2) is 249 Å². The van der Waals surface area contributed by atoms with Crippen molar-refractivity contribution in [2.75, 3.05) is 4.90 Å². The van der Waals surface area contributed by atoms with Crippen LogP contribution in [0, 0.1) is 0 Å². The standard InChI is InChI=1S/C66H41NO2/c1-2-16-42(17-3-1)43-30-32-46(33-31-43)67(47-34-36-51-49-20-6-8-22-53(49)65(58(51)40-47)55-24-10-13-27-61(55)68-62-28-14-11-25-56(62)65)48-35-37-52-50-21-7-9-23-54(50)66(59(52)41-48)57-26-12-15-29-63(57)69-64-39-45-19-5-4-18-44(45)38-60(64)66/h1-41H. The molecule has 0 amide bonds. The van der Waals surface area contributed by atoms with Crippen molar-refractivity contribution in [3.63, 3.8) is 0 Å². The summed E-state index contributed by atoms with van der Waals surface area (Å²) in [5.41, 5.74) is 18.8. The second kappa shape index (κ2) is 14.3. The van der Waals surface area contributed by atoms with Crippen LogP contribution in [-0.4, -0.2) is 0 Å². The van der Waals surface area contributed by atoms with E-state index in [1.165, 1.54) is 61.0 Å². The van der Waals surface area contributed by atoms with E-state index in [0.717, 1.165) is 67.7 Å². The largest absolute Gasteiger partial charge is 0.457 e. The topological polar surface area (TPSA) is 21.7 Å². The molecule has 3 nitrogen and oxygen atoms in total. The summed E-state index contributed by atoms with van der Waals surface area (Å²) in [7, 11) is 0. The van der Waals surface area contributed by atoms with Crippen molar-refractivity contribution in [1.29, 1.82) is 0 Å². The highest BCUT2D eigenvalue weighted by molar-refractivity contribution is 5.96. The van der Waals surface area contributed by atoms with E-state index >= 15 is 0 Å². The Morgan fingerprint density at radius 2 is 0.638 bits per heavy atom. The van der Waals surface area contributed by atoms with Crippen molar-refractivity contribution in [3.05, 3.63) is 293 Å². The number of ether oxygens (including phenoxy) is 2. The first-order valence-electron chi connectivity index (χ1n) is 23.8. The summed E-state index contributed by atoms with van der Waals surface area (Å²) in [6, 6.07) is 91.0. The molecule has 0 saturated carbocycles. The van der Waals surface area contributed by atoms with Gasteiger partial charge in [0.25, 0.3) is 0 Å². The van der Waals surface area contributed by atoms with Gasteiger partial charge in [-0.1, -0.05) is 182 Å². The molecule has 69 heavy (non-hydrogen) atoms. The predicted molar refractivity (Wildman–Crippen MR) is 279 cm³/mol. The molecule has 1 atom stereocenters.